The summed E-state index contributed by atoms with van der Waals surface area (Å²) in [5.74, 6) is -0.0882. The summed E-state index contributed by atoms with van der Waals surface area (Å²) in [6, 6.07) is 0. The Morgan fingerprint density at radius 3 is 2.37 bits per heavy atom. The van der Waals surface area contributed by atoms with Gasteiger partial charge in [0.2, 0.25) is 5.54 Å². The van der Waals surface area contributed by atoms with Gasteiger partial charge in [-0.1, -0.05) is 0 Å². The molecule has 6 nitrogen and oxygen atoms in total. The number of rotatable bonds is 7. The lowest BCUT2D eigenvalue weighted by Crippen LogP contribution is -2.60. The molecule has 0 saturated carbocycles. The second-order valence-corrected chi connectivity index (χ2v) is 5.14. The minimum Gasteiger partial charge on any atom is -0.479 e. The molecule has 0 unspecified atom stereocenters. The fraction of sp³-hybridized carbons (Fsp3) is 0.692. The lowest BCUT2D eigenvalue weighted by molar-refractivity contribution is -0.172. The van der Waals surface area contributed by atoms with Gasteiger partial charge in [-0.3, -0.25) is 0 Å². The topological polar surface area (TPSA) is 98.9 Å². The van der Waals surface area contributed by atoms with E-state index in [0.29, 0.717) is 12.8 Å². The van der Waals surface area contributed by atoms with E-state index < -0.39 is 29.7 Å². The molecule has 19 heavy (non-hydrogen) atoms. The van der Waals surface area contributed by atoms with E-state index in [0.717, 1.165) is 0 Å². The first-order chi connectivity index (χ1) is 8.63. The number of unbranched alkanes of at least 4 members (excludes halogenated alkanes) is 1. The van der Waals surface area contributed by atoms with Gasteiger partial charge in [0.15, 0.2) is 0 Å². The zero-order valence-electron chi connectivity index (χ0n) is 11.6. The zero-order chi connectivity index (χ0) is 15.1. The van der Waals surface area contributed by atoms with Gasteiger partial charge in [0.1, 0.15) is 5.60 Å². The molecular weight excluding hydrogens is 250 g/mol. The number of carbonyl (C=O) groups is 2. The van der Waals surface area contributed by atoms with E-state index in [9.17, 15) is 9.59 Å². The van der Waals surface area contributed by atoms with Crippen molar-refractivity contribution in [2.45, 2.75) is 44.8 Å². The molecule has 0 bridgehead atoms. The number of ether oxygens (including phenoxy) is 2. The lowest BCUT2D eigenvalue weighted by Gasteiger charge is -2.27. The summed E-state index contributed by atoms with van der Waals surface area (Å²) in [4.78, 5) is 22.9. The smallest absolute Gasteiger partial charge is 0.340 e. The Labute approximate surface area is 113 Å². The van der Waals surface area contributed by atoms with Gasteiger partial charge in [-0.25, -0.2) is 9.59 Å². The van der Waals surface area contributed by atoms with Crippen molar-refractivity contribution in [3.05, 3.63) is 0 Å². The summed E-state index contributed by atoms with van der Waals surface area (Å²) >= 11 is 0. The summed E-state index contributed by atoms with van der Waals surface area (Å²) in [5.41, 5.74) is 2.54. The predicted octanol–water partition coefficient (Wildman–Crippen LogP) is 0.540. The Morgan fingerprint density at radius 1 is 1.37 bits per heavy atom. The predicted molar refractivity (Wildman–Crippen MR) is 69.3 cm³/mol. The van der Waals surface area contributed by atoms with Crippen LogP contribution in [0.25, 0.3) is 0 Å². The fourth-order valence-electron chi connectivity index (χ4n) is 1.09. The van der Waals surface area contributed by atoms with Crippen LogP contribution in [0.3, 0.4) is 0 Å². The van der Waals surface area contributed by atoms with Gasteiger partial charge in [0.25, 0.3) is 0 Å². The number of carboxylic acids is 1. The summed E-state index contributed by atoms with van der Waals surface area (Å²) in [5, 5.41) is 9.06. The van der Waals surface area contributed by atoms with Crippen molar-refractivity contribution in [2.24, 2.45) is 5.73 Å². The number of hydrogen-bond acceptors (Lipinski definition) is 5. The highest BCUT2D eigenvalue weighted by atomic mass is 16.6. The summed E-state index contributed by atoms with van der Waals surface area (Å²) < 4.78 is 10.1. The van der Waals surface area contributed by atoms with Crippen molar-refractivity contribution in [1.29, 1.82) is 0 Å². The van der Waals surface area contributed by atoms with Crippen LogP contribution in [-0.2, 0) is 19.1 Å². The van der Waals surface area contributed by atoms with E-state index in [1.807, 2.05) is 0 Å². The molecule has 3 N–H and O–H groups in total. The van der Waals surface area contributed by atoms with Crippen LogP contribution in [0.4, 0.5) is 0 Å². The van der Waals surface area contributed by atoms with Gasteiger partial charge in [-0.05, 0) is 27.2 Å². The van der Waals surface area contributed by atoms with Gasteiger partial charge < -0.3 is 20.3 Å². The molecule has 0 amide bonds. The molecule has 0 aromatic heterocycles. The van der Waals surface area contributed by atoms with Crippen molar-refractivity contribution in [3.8, 4) is 12.3 Å². The van der Waals surface area contributed by atoms with Crippen molar-refractivity contribution in [3.63, 3.8) is 0 Å². The molecule has 0 rings (SSSR count). The third-order valence-corrected chi connectivity index (χ3v) is 2.08. The average Bonchev–Trinajstić information content (AvgIpc) is 2.25. The highest BCUT2D eigenvalue weighted by Gasteiger charge is 2.46. The Morgan fingerprint density at radius 2 is 1.95 bits per heavy atom. The number of hydrogen-bond donors (Lipinski definition) is 2. The SMILES string of the molecule is C#CCCCOC[C@](N)(C(=O)O)C(=O)OC(C)(C)C. The highest BCUT2D eigenvalue weighted by Crippen LogP contribution is 2.14. The zero-order valence-corrected chi connectivity index (χ0v) is 11.6. The standard InChI is InChI=1S/C13H21NO5/c1-5-6-7-8-18-9-13(14,10(15)16)11(17)19-12(2,3)4/h1H,6-9,14H2,2-4H3,(H,15,16)/t13-/m0/s1. The van der Waals surface area contributed by atoms with Crippen molar-refractivity contribution >= 4 is 11.9 Å². The molecule has 0 heterocycles. The summed E-state index contributed by atoms with van der Waals surface area (Å²) in [6.07, 6.45) is 6.14. The summed E-state index contributed by atoms with van der Waals surface area (Å²) in [6.45, 7) is 4.66. The van der Waals surface area contributed by atoms with Crippen LogP contribution in [0.15, 0.2) is 0 Å². The fourth-order valence-corrected chi connectivity index (χ4v) is 1.09. The van der Waals surface area contributed by atoms with Gasteiger partial charge in [-0.15, -0.1) is 12.3 Å². The lowest BCUT2D eigenvalue weighted by atomic mass is 10.0. The third-order valence-electron chi connectivity index (χ3n) is 2.08. The number of nitrogens with two attached hydrogens (primary N) is 1. The second kappa shape index (κ2) is 7.12. The number of esters is 1. The largest absolute Gasteiger partial charge is 0.479 e. The van der Waals surface area contributed by atoms with Crippen LogP contribution >= 0.6 is 0 Å². The van der Waals surface area contributed by atoms with E-state index in [1.165, 1.54) is 0 Å². The van der Waals surface area contributed by atoms with Crippen LogP contribution in [0.1, 0.15) is 33.6 Å². The van der Waals surface area contributed by atoms with Crippen LogP contribution in [0.5, 0.6) is 0 Å². The van der Waals surface area contributed by atoms with Gasteiger partial charge >= 0.3 is 11.9 Å². The Kier molecular flexibility index (Phi) is 6.53. The molecule has 1 atom stereocenters. The maximum atomic E-state index is 11.8. The Bertz CT molecular complexity index is 366. The minimum absolute atomic E-state index is 0.235. The monoisotopic (exact) mass is 271 g/mol. The van der Waals surface area contributed by atoms with Crippen molar-refractivity contribution < 1.29 is 24.2 Å². The molecule has 0 aliphatic rings. The maximum absolute atomic E-state index is 11.8. The molecule has 0 aliphatic heterocycles. The number of aliphatic carboxylic acids is 1. The van der Waals surface area contributed by atoms with Gasteiger partial charge in [-0.2, -0.15) is 0 Å². The van der Waals surface area contributed by atoms with E-state index in [1.54, 1.807) is 20.8 Å². The summed E-state index contributed by atoms with van der Waals surface area (Å²) in [7, 11) is 0. The third kappa shape index (κ3) is 6.22. The van der Waals surface area contributed by atoms with Crippen molar-refractivity contribution in [2.75, 3.05) is 13.2 Å². The van der Waals surface area contributed by atoms with Crippen LogP contribution in [-0.4, -0.2) is 41.4 Å². The molecule has 108 valence electrons. The molecule has 0 spiro atoms. The molecule has 0 fully saturated rings. The number of carbonyl (C=O) groups excluding carboxylic acids is 1. The first kappa shape index (κ1) is 17.4. The molecule has 0 aromatic rings. The van der Waals surface area contributed by atoms with Gasteiger partial charge in [0.05, 0.1) is 6.61 Å². The van der Waals surface area contributed by atoms with Crippen LogP contribution < -0.4 is 5.73 Å². The average molecular weight is 271 g/mol. The van der Waals surface area contributed by atoms with Crippen LogP contribution in [0.2, 0.25) is 0 Å². The number of terminal acetylenes is 1. The minimum atomic E-state index is -2.20. The molecule has 0 radical (unpaired) electrons. The molecule has 0 aromatic carbocycles. The van der Waals surface area contributed by atoms with E-state index >= 15 is 0 Å². The van der Waals surface area contributed by atoms with Gasteiger partial charge in [0, 0.05) is 13.0 Å². The molecular formula is C13H21NO5. The van der Waals surface area contributed by atoms with E-state index in [-0.39, 0.29) is 6.61 Å². The Balaban J connectivity index is 4.55. The quantitative estimate of drug-likeness (QED) is 0.303. The van der Waals surface area contributed by atoms with E-state index in [4.69, 9.17) is 26.7 Å². The second-order valence-electron chi connectivity index (χ2n) is 5.14. The first-order valence-corrected chi connectivity index (χ1v) is 5.90. The molecule has 0 saturated heterocycles. The maximum Gasteiger partial charge on any atom is 0.340 e. The van der Waals surface area contributed by atoms with Crippen molar-refractivity contribution in [1.82, 2.24) is 0 Å². The first-order valence-electron chi connectivity index (χ1n) is 5.90. The molecule has 6 heteroatoms. The molecule has 0 aliphatic carbocycles. The Hall–Kier alpha value is -1.58. The highest BCUT2D eigenvalue weighted by molar-refractivity contribution is 6.04. The van der Waals surface area contributed by atoms with E-state index in [2.05, 4.69) is 5.92 Å². The number of carboxylic acid groups (broad SMARTS) is 1. The normalized spacial score (nSPS) is 14.3. The van der Waals surface area contributed by atoms with Crippen LogP contribution in [0, 0.1) is 12.3 Å².